The third-order valence-corrected chi connectivity index (χ3v) is 5.52. The average molecular weight is 349 g/mol. The van der Waals surface area contributed by atoms with Gasteiger partial charge < -0.3 is 10.2 Å². The van der Waals surface area contributed by atoms with Crippen molar-refractivity contribution in [1.82, 2.24) is 5.32 Å². The summed E-state index contributed by atoms with van der Waals surface area (Å²) in [6, 6.07) is 14.6. The predicted octanol–water partition coefficient (Wildman–Crippen LogP) is 3.23. The summed E-state index contributed by atoms with van der Waals surface area (Å²) in [7, 11) is 0. The Morgan fingerprint density at radius 1 is 1.15 bits per heavy atom. The molecule has 1 fully saturated rings. The fourth-order valence-corrected chi connectivity index (χ4v) is 4.14. The van der Waals surface area contributed by atoms with Crippen LogP contribution in [0.2, 0.25) is 0 Å². The molecule has 0 radical (unpaired) electrons. The number of nitrogens with one attached hydrogen (secondary N) is 1. The second-order valence-electron chi connectivity index (χ2n) is 7.19. The van der Waals surface area contributed by atoms with E-state index in [0.29, 0.717) is 5.56 Å². The van der Waals surface area contributed by atoms with Gasteiger partial charge in [0.05, 0.1) is 17.0 Å². The lowest BCUT2D eigenvalue weighted by Crippen LogP contribution is -2.58. The van der Waals surface area contributed by atoms with Gasteiger partial charge in [0, 0.05) is 17.2 Å². The molecule has 132 valence electrons. The van der Waals surface area contributed by atoms with Gasteiger partial charge in [-0.2, -0.15) is 0 Å². The van der Waals surface area contributed by atoms with E-state index >= 15 is 0 Å². The quantitative estimate of drug-likeness (QED) is 0.682. The summed E-state index contributed by atoms with van der Waals surface area (Å²) >= 11 is 0. The molecule has 1 atom stereocenters. The van der Waals surface area contributed by atoms with Gasteiger partial charge in [-0.1, -0.05) is 44.2 Å². The number of nitro benzene ring substituents is 1. The van der Waals surface area contributed by atoms with Crippen molar-refractivity contribution in [3.05, 3.63) is 75.8 Å². The SMILES string of the molecule is CC1(C)c2ccccc2N2CC(=O)N[C@]21/C=C/c1ccccc1[N+](=O)[O-]. The zero-order chi connectivity index (χ0) is 18.5. The van der Waals surface area contributed by atoms with Gasteiger partial charge in [0.2, 0.25) is 5.91 Å². The van der Waals surface area contributed by atoms with E-state index in [9.17, 15) is 14.9 Å². The summed E-state index contributed by atoms with van der Waals surface area (Å²) in [6.45, 7) is 4.43. The number of rotatable bonds is 3. The molecule has 6 nitrogen and oxygen atoms in total. The van der Waals surface area contributed by atoms with Gasteiger partial charge >= 0.3 is 0 Å². The van der Waals surface area contributed by atoms with E-state index in [1.807, 2.05) is 24.3 Å². The van der Waals surface area contributed by atoms with Crippen LogP contribution in [0.15, 0.2) is 54.6 Å². The average Bonchev–Trinajstić information content (AvgIpc) is 3.05. The molecule has 4 rings (SSSR count). The zero-order valence-corrected chi connectivity index (χ0v) is 14.6. The fourth-order valence-electron chi connectivity index (χ4n) is 4.14. The second kappa shape index (κ2) is 5.42. The van der Waals surface area contributed by atoms with Crippen LogP contribution in [0.4, 0.5) is 11.4 Å². The Kier molecular flexibility index (Phi) is 3.41. The third-order valence-electron chi connectivity index (χ3n) is 5.52. The van der Waals surface area contributed by atoms with Crippen LogP contribution in [0.5, 0.6) is 0 Å². The molecule has 0 unspecified atom stereocenters. The molecule has 6 heteroatoms. The van der Waals surface area contributed by atoms with Crippen LogP contribution in [0, 0.1) is 10.1 Å². The summed E-state index contributed by atoms with van der Waals surface area (Å²) in [5, 5.41) is 14.4. The highest BCUT2D eigenvalue weighted by molar-refractivity contribution is 5.91. The summed E-state index contributed by atoms with van der Waals surface area (Å²) < 4.78 is 0. The van der Waals surface area contributed by atoms with Crippen molar-refractivity contribution < 1.29 is 9.72 Å². The number of para-hydroxylation sites is 2. The number of anilines is 1. The molecule has 26 heavy (non-hydrogen) atoms. The molecule has 2 heterocycles. The van der Waals surface area contributed by atoms with Crippen molar-refractivity contribution in [3.63, 3.8) is 0 Å². The first-order valence-electron chi connectivity index (χ1n) is 8.48. The number of hydrogen-bond donors (Lipinski definition) is 1. The molecule has 0 bridgehead atoms. The van der Waals surface area contributed by atoms with Crippen LogP contribution >= 0.6 is 0 Å². The maximum Gasteiger partial charge on any atom is 0.276 e. The lowest BCUT2D eigenvalue weighted by molar-refractivity contribution is -0.385. The number of benzene rings is 2. The van der Waals surface area contributed by atoms with E-state index in [1.54, 1.807) is 24.3 Å². The predicted molar refractivity (Wildman–Crippen MR) is 99.8 cm³/mol. The van der Waals surface area contributed by atoms with Gasteiger partial charge in [-0.05, 0) is 29.8 Å². The number of carbonyl (C=O) groups excluding carboxylic acids is 1. The van der Waals surface area contributed by atoms with E-state index in [4.69, 9.17) is 0 Å². The molecule has 0 saturated carbocycles. The van der Waals surface area contributed by atoms with Crippen LogP contribution < -0.4 is 10.2 Å². The molecule has 2 aromatic carbocycles. The van der Waals surface area contributed by atoms with Crippen molar-refractivity contribution in [3.8, 4) is 0 Å². The Balaban J connectivity index is 1.85. The smallest absolute Gasteiger partial charge is 0.276 e. The molecule has 0 spiro atoms. The minimum Gasteiger partial charge on any atom is -0.335 e. The molecule has 1 saturated heterocycles. The van der Waals surface area contributed by atoms with Gasteiger partial charge in [0.1, 0.15) is 5.66 Å². The van der Waals surface area contributed by atoms with Gasteiger partial charge in [0.15, 0.2) is 0 Å². The number of amides is 1. The summed E-state index contributed by atoms with van der Waals surface area (Å²) in [4.78, 5) is 25.2. The maximum atomic E-state index is 12.3. The van der Waals surface area contributed by atoms with Crippen molar-refractivity contribution in [1.29, 1.82) is 0 Å². The first-order valence-corrected chi connectivity index (χ1v) is 8.48. The van der Waals surface area contributed by atoms with Crippen LogP contribution in [-0.2, 0) is 10.2 Å². The van der Waals surface area contributed by atoms with E-state index in [0.717, 1.165) is 11.3 Å². The monoisotopic (exact) mass is 349 g/mol. The normalized spacial score (nSPS) is 23.0. The molecule has 1 N–H and O–H groups in total. The van der Waals surface area contributed by atoms with Crippen molar-refractivity contribution >= 4 is 23.4 Å². The molecule has 2 aliphatic rings. The van der Waals surface area contributed by atoms with Crippen LogP contribution in [0.3, 0.4) is 0 Å². The Morgan fingerprint density at radius 3 is 2.62 bits per heavy atom. The van der Waals surface area contributed by atoms with E-state index in [2.05, 4.69) is 30.1 Å². The van der Waals surface area contributed by atoms with Gasteiger partial charge in [0.25, 0.3) is 5.69 Å². The lowest BCUT2D eigenvalue weighted by atomic mass is 9.75. The number of hydrogen-bond acceptors (Lipinski definition) is 4. The highest BCUT2D eigenvalue weighted by atomic mass is 16.6. The zero-order valence-electron chi connectivity index (χ0n) is 14.6. The second-order valence-corrected chi connectivity index (χ2v) is 7.19. The molecule has 1 amide bonds. The molecule has 2 aliphatic heterocycles. The Hall–Kier alpha value is -3.15. The highest BCUT2D eigenvalue weighted by Crippen LogP contribution is 2.52. The molecule has 2 aromatic rings. The largest absolute Gasteiger partial charge is 0.335 e. The van der Waals surface area contributed by atoms with Crippen molar-refractivity contribution in [2.24, 2.45) is 0 Å². The number of nitro groups is 1. The maximum absolute atomic E-state index is 12.3. The Morgan fingerprint density at radius 2 is 1.85 bits per heavy atom. The van der Waals surface area contributed by atoms with Gasteiger partial charge in [-0.3, -0.25) is 14.9 Å². The Labute approximate surface area is 151 Å². The van der Waals surface area contributed by atoms with Crippen molar-refractivity contribution in [2.75, 3.05) is 11.4 Å². The first kappa shape index (κ1) is 16.3. The summed E-state index contributed by atoms with van der Waals surface area (Å²) in [6.07, 6.45) is 3.63. The number of fused-ring (bicyclic) bond motifs is 3. The number of nitrogens with zero attached hydrogens (tertiary/aromatic N) is 2. The van der Waals surface area contributed by atoms with E-state index in [1.165, 1.54) is 6.07 Å². The summed E-state index contributed by atoms with van der Waals surface area (Å²) in [5.74, 6) is -0.0558. The van der Waals surface area contributed by atoms with Crippen LogP contribution in [0.1, 0.15) is 25.0 Å². The lowest BCUT2D eigenvalue weighted by Gasteiger charge is -2.40. The van der Waals surface area contributed by atoms with Gasteiger partial charge in [-0.25, -0.2) is 0 Å². The fraction of sp³-hybridized carbons (Fsp3) is 0.250. The minimum absolute atomic E-state index is 0.0457. The van der Waals surface area contributed by atoms with E-state index in [-0.39, 0.29) is 18.1 Å². The molecular formula is C20H19N3O3. The van der Waals surface area contributed by atoms with Crippen LogP contribution in [-0.4, -0.2) is 23.0 Å². The standard InChI is InChI=1S/C20H19N3O3/c1-19(2)15-8-4-6-10-17(15)22-13-18(24)21-20(19,22)12-11-14-7-3-5-9-16(14)23(25)26/h3-12H,13H2,1-2H3,(H,21,24)/b12-11+/t20-/m1/s1. The van der Waals surface area contributed by atoms with Gasteiger partial charge in [-0.15, -0.1) is 0 Å². The summed E-state index contributed by atoms with van der Waals surface area (Å²) in [5.41, 5.74) is 1.58. The Bertz CT molecular complexity index is 951. The van der Waals surface area contributed by atoms with Crippen LogP contribution in [0.25, 0.3) is 6.08 Å². The minimum atomic E-state index is -0.752. The topological polar surface area (TPSA) is 75.5 Å². The third kappa shape index (κ3) is 2.08. The van der Waals surface area contributed by atoms with E-state index < -0.39 is 16.0 Å². The molecular weight excluding hydrogens is 330 g/mol. The molecule has 0 aliphatic carbocycles. The number of carbonyl (C=O) groups is 1. The molecule has 0 aromatic heterocycles. The highest BCUT2D eigenvalue weighted by Gasteiger charge is 2.59. The first-order chi connectivity index (χ1) is 12.4. The van der Waals surface area contributed by atoms with Crippen molar-refractivity contribution in [2.45, 2.75) is 24.9 Å².